The molecule has 6 rings (SSSR count). The van der Waals surface area contributed by atoms with E-state index in [0.29, 0.717) is 38.4 Å². The number of benzene rings is 2. The van der Waals surface area contributed by atoms with Crippen LogP contribution in [-0.4, -0.2) is 138 Å². The molecule has 336 valence electrons. The van der Waals surface area contributed by atoms with Crippen LogP contribution in [0.4, 0.5) is 18.0 Å². The number of carboxylic acids is 1. The maximum atomic E-state index is 15.4. The van der Waals surface area contributed by atoms with Gasteiger partial charge in [-0.3, -0.25) is 14.4 Å². The summed E-state index contributed by atoms with van der Waals surface area (Å²) in [6, 6.07) is 10.8. The molecular weight excluding hydrogens is 836 g/mol. The van der Waals surface area contributed by atoms with Crippen LogP contribution in [0.3, 0.4) is 0 Å². The van der Waals surface area contributed by atoms with Crippen molar-refractivity contribution in [1.82, 2.24) is 35.7 Å². The van der Waals surface area contributed by atoms with Gasteiger partial charge >= 0.3 is 12.1 Å². The van der Waals surface area contributed by atoms with Crippen LogP contribution >= 0.6 is 11.8 Å². The SMILES string of the molecule is C[C@H](OC(=O)NCCOCCNC(=O)CC1SC[C@@H](C(=O)O)NC1=O)C(=O)N(C[C@@H]1CNC[C@@H]1F)[C@@H](c1nc(-c2cc(F)ccc2F)cn1Cc1ccccc1)C1CCOCC1. The van der Waals surface area contributed by atoms with E-state index >= 15 is 8.78 Å². The summed E-state index contributed by atoms with van der Waals surface area (Å²) in [6.45, 7) is 3.09. The predicted molar refractivity (Wildman–Crippen MR) is 221 cm³/mol. The molecule has 62 heavy (non-hydrogen) atoms. The Bertz CT molecular complexity index is 2030. The molecule has 1 unspecified atom stereocenters. The fourth-order valence-corrected chi connectivity index (χ4v) is 8.84. The number of aliphatic carboxylic acids is 1. The number of rotatable bonds is 19. The zero-order valence-electron chi connectivity index (χ0n) is 34.2. The largest absolute Gasteiger partial charge is 0.480 e. The molecule has 4 amide bonds. The number of carboxylic acid groups (broad SMARTS) is 1. The van der Waals surface area contributed by atoms with E-state index < -0.39 is 76.9 Å². The highest BCUT2D eigenvalue weighted by molar-refractivity contribution is 8.00. The number of nitrogens with zero attached hydrogens (tertiary/aromatic N) is 3. The average Bonchev–Trinajstić information content (AvgIpc) is 3.86. The summed E-state index contributed by atoms with van der Waals surface area (Å²) < 4.78 is 63.7. The molecule has 3 aromatic rings. The molecule has 2 aromatic carbocycles. The molecule has 0 spiro atoms. The highest BCUT2D eigenvalue weighted by atomic mass is 32.2. The number of hydrogen-bond acceptors (Lipinski definition) is 11. The summed E-state index contributed by atoms with van der Waals surface area (Å²) in [7, 11) is 0. The van der Waals surface area contributed by atoms with Gasteiger partial charge in [-0.25, -0.2) is 27.7 Å². The topological polar surface area (TPSA) is 202 Å². The van der Waals surface area contributed by atoms with Gasteiger partial charge in [0.25, 0.3) is 5.91 Å². The van der Waals surface area contributed by atoms with E-state index in [-0.39, 0.29) is 75.3 Å². The van der Waals surface area contributed by atoms with Crippen molar-refractivity contribution in [1.29, 1.82) is 0 Å². The maximum Gasteiger partial charge on any atom is 0.407 e. The second kappa shape index (κ2) is 22.3. The first kappa shape index (κ1) is 46.3. The quantitative estimate of drug-likeness (QED) is 0.110. The Morgan fingerprint density at radius 1 is 1.06 bits per heavy atom. The summed E-state index contributed by atoms with van der Waals surface area (Å²) in [6.07, 6.45) is -0.965. The lowest BCUT2D eigenvalue weighted by atomic mass is 9.88. The number of hydrogen-bond donors (Lipinski definition) is 5. The standard InChI is InChI=1S/C42H52F3N7O9S/c1-25(61-42(58)48-12-16-60-15-11-47-36(53)18-35-39(54)50-34(24-62-35)41(56)57)40(55)52(22-28-19-46-20-32(28)45)37(27-9-13-59-14-10-27)38-49-33(30-17-29(43)7-8-31(30)44)23-51(38)21-26-5-3-2-4-6-26/h2-8,17,23,25,27-28,32,34-35,37,46H,9-16,18-22,24H2,1H3,(H,47,53)(H,48,58)(H,50,54)(H,56,57)/t25-,28-,32-,34-,35?,37+/m0/s1. The van der Waals surface area contributed by atoms with Crippen LogP contribution in [0.1, 0.15) is 43.6 Å². The number of imidazole rings is 1. The Hall–Kier alpha value is -5.18. The molecule has 20 heteroatoms. The molecule has 0 bridgehead atoms. The van der Waals surface area contributed by atoms with Gasteiger partial charge in [0, 0.05) is 82.3 Å². The number of alkyl halides is 1. The summed E-state index contributed by atoms with van der Waals surface area (Å²) in [5.41, 5.74) is 0.979. The van der Waals surface area contributed by atoms with Gasteiger partial charge in [0.05, 0.1) is 30.2 Å². The molecule has 3 fully saturated rings. The molecule has 6 atom stereocenters. The van der Waals surface area contributed by atoms with Gasteiger partial charge in [-0.1, -0.05) is 30.3 Å². The Labute approximate surface area is 361 Å². The Morgan fingerprint density at radius 3 is 2.50 bits per heavy atom. The minimum atomic E-state index is -1.34. The first-order valence-corrected chi connectivity index (χ1v) is 21.7. The van der Waals surface area contributed by atoms with Gasteiger partial charge in [-0.05, 0) is 49.4 Å². The van der Waals surface area contributed by atoms with Crippen LogP contribution in [0.5, 0.6) is 0 Å². The second-order valence-corrected chi connectivity index (χ2v) is 16.6. The van der Waals surface area contributed by atoms with Crippen LogP contribution in [0.15, 0.2) is 54.7 Å². The van der Waals surface area contributed by atoms with Gasteiger partial charge in [-0.15, -0.1) is 11.8 Å². The van der Waals surface area contributed by atoms with Crippen LogP contribution in [0, 0.1) is 23.5 Å². The molecule has 1 aromatic heterocycles. The first-order valence-electron chi connectivity index (χ1n) is 20.6. The maximum absolute atomic E-state index is 15.4. The van der Waals surface area contributed by atoms with Gasteiger partial charge in [0.2, 0.25) is 11.8 Å². The number of halogens is 3. The van der Waals surface area contributed by atoms with E-state index in [1.54, 1.807) is 6.20 Å². The Balaban J connectivity index is 1.12. The number of aromatic nitrogens is 2. The van der Waals surface area contributed by atoms with Crippen molar-refractivity contribution in [2.24, 2.45) is 11.8 Å². The van der Waals surface area contributed by atoms with Crippen LogP contribution in [0.25, 0.3) is 11.3 Å². The fraction of sp³-hybridized carbons (Fsp3) is 0.524. The predicted octanol–water partition coefficient (Wildman–Crippen LogP) is 3.05. The second-order valence-electron chi connectivity index (χ2n) is 15.4. The van der Waals surface area contributed by atoms with Crippen molar-refractivity contribution in [3.05, 3.63) is 77.8 Å². The molecule has 16 nitrogen and oxygen atoms in total. The van der Waals surface area contributed by atoms with E-state index in [1.807, 2.05) is 34.9 Å². The molecular formula is C42H52F3N7O9S. The van der Waals surface area contributed by atoms with E-state index in [4.69, 9.17) is 24.3 Å². The molecule has 3 aliphatic rings. The lowest BCUT2D eigenvalue weighted by molar-refractivity contribution is -0.146. The normalized spacial score (nSPS) is 21.4. The molecule has 3 saturated heterocycles. The Kier molecular flexibility index (Phi) is 16.6. The van der Waals surface area contributed by atoms with Crippen LogP contribution in [-0.2, 0) is 39.9 Å². The van der Waals surface area contributed by atoms with E-state index in [1.165, 1.54) is 11.8 Å². The third-order valence-corrected chi connectivity index (χ3v) is 12.3. The van der Waals surface area contributed by atoms with Crippen molar-refractivity contribution < 1.29 is 56.5 Å². The van der Waals surface area contributed by atoms with E-state index in [9.17, 15) is 28.4 Å². The lowest BCUT2D eigenvalue weighted by Gasteiger charge is -2.40. The van der Waals surface area contributed by atoms with Crippen molar-refractivity contribution in [2.75, 3.05) is 64.9 Å². The van der Waals surface area contributed by atoms with Crippen molar-refractivity contribution in [3.8, 4) is 11.3 Å². The highest BCUT2D eigenvalue weighted by Crippen LogP contribution is 2.38. The van der Waals surface area contributed by atoms with Gasteiger partial charge in [-0.2, -0.15) is 0 Å². The number of alkyl carbamates (subject to hydrolysis) is 1. The van der Waals surface area contributed by atoms with Crippen LogP contribution < -0.4 is 21.3 Å². The van der Waals surface area contributed by atoms with Gasteiger partial charge < -0.3 is 50.1 Å². The molecule has 5 N–H and O–H groups in total. The number of ether oxygens (including phenoxy) is 3. The summed E-state index contributed by atoms with van der Waals surface area (Å²) in [5, 5.41) is 19.0. The molecule has 3 aliphatic heterocycles. The number of nitrogens with one attached hydrogen (secondary N) is 4. The van der Waals surface area contributed by atoms with E-state index in [2.05, 4.69) is 21.3 Å². The third-order valence-electron chi connectivity index (χ3n) is 10.9. The van der Waals surface area contributed by atoms with E-state index in [0.717, 1.165) is 35.5 Å². The average molecular weight is 888 g/mol. The van der Waals surface area contributed by atoms with Crippen molar-refractivity contribution in [3.63, 3.8) is 0 Å². The molecule has 0 saturated carbocycles. The summed E-state index contributed by atoms with van der Waals surface area (Å²) >= 11 is 1.10. The number of carbonyl (C=O) groups is 5. The highest BCUT2D eigenvalue weighted by Gasteiger charge is 2.42. The van der Waals surface area contributed by atoms with Crippen molar-refractivity contribution in [2.45, 2.75) is 62.3 Å². The fourth-order valence-electron chi connectivity index (χ4n) is 7.70. The monoisotopic (exact) mass is 887 g/mol. The number of carbonyl (C=O) groups excluding carboxylic acids is 4. The number of thioether (sulfide) groups is 1. The zero-order chi connectivity index (χ0) is 44.2. The number of amides is 4. The van der Waals surface area contributed by atoms with Crippen LogP contribution in [0.2, 0.25) is 0 Å². The Morgan fingerprint density at radius 2 is 1.81 bits per heavy atom. The molecule has 4 heterocycles. The third kappa shape index (κ3) is 12.5. The molecule has 0 aliphatic carbocycles. The van der Waals surface area contributed by atoms with Crippen molar-refractivity contribution >= 4 is 41.5 Å². The summed E-state index contributed by atoms with van der Waals surface area (Å²) in [4.78, 5) is 69.6. The molecule has 0 radical (unpaired) electrons. The first-order chi connectivity index (χ1) is 29.9. The smallest absolute Gasteiger partial charge is 0.407 e. The van der Waals surface area contributed by atoms with Gasteiger partial charge in [0.15, 0.2) is 6.10 Å². The summed E-state index contributed by atoms with van der Waals surface area (Å²) in [5.74, 6) is -4.29. The minimum absolute atomic E-state index is 0.000649. The lowest BCUT2D eigenvalue weighted by Crippen LogP contribution is -2.51. The zero-order valence-corrected chi connectivity index (χ0v) is 35.1. The van der Waals surface area contributed by atoms with Gasteiger partial charge in [0.1, 0.15) is 29.7 Å². The minimum Gasteiger partial charge on any atom is -0.480 e.